The topological polar surface area (TPSA) is 125 Å². The molecule has 2 rings (SSSR count). The first-order valence-electron chi connectivity index (χ1n) is 5.35. The monoisotopic (exact) mass is 258 g/mol. The molecule has 1 aliphatic heterocycles. The predicted molar refractivity (Wildman–Crippen MR) is 58.9 cm³/mol. The van der Waals surface area contributed by atoms with E-state index in [1.807, 2.05) is 4.98 Å². The van der Waals surface area contributed by atoms with Gasteiger partial charge in [-0.25, -0.2) is 4.79 Å². The third-order valence-electron chi connectivity index (χ3n) is 3.07. The maximum absolute atomic E-state index is 11.6. The molecule has 1 aromatic rings. The van der Waals surface area contributed by atoms with Crippen LogP contribution in [0.5, 0.6) is 0 Å². The molecular formula is C10H14N2O6. The summed E-state index contributed by atoms with van der Waals surface area (Å²) in [5, 5.41) is 28.8. The van der Waals surface area contributed by atoms with E-state index in [0.717, 1.165) is 16.8 Å². The number of aliphatic hydroxyl groups is 3. The number of rotatable bonds is 2. The van der Waals surface area contributed by atoms with E-state index in [1.54, 1.807) is 0 Å². The minimum Gasteiger partial charge on any atom is -0.393 e. The normalized spacial score (nSPS) is 35.9. The summed E-state index contributed by atoms with van der Waals surface area (Å²) in [5.41, 5.74) is -2.70. The van der Waals surface area contributed by atoms with Crippen molar-refractivity contribution < 1.29 is 20.1 Å². The van der Waals surface area contributed by atoms with Crippen LogP contribution in [-0.4, -0.2) is 49.3 Å². The highest BCUT2D eigenvalue weighted by atomic mass is 16.6. The van der Waals surface area contributed by atoms with Crippen LogP contribution in [0.2, 0.25) is 0 Å². The fraction of sp³-hybridized carbons (Fsp3) is 0.600. The van der Waals surface area contributed by atoms with Crippen molar-refractivity contribution in [2.24, 2.45) is 0 Å². The van der Waals surface area contributed by atoms with Gasteiger partial charge in [0.15, 0.2) is 6.23 Å². The zero-order valence-corrected chi connectivity index (χ0v) is 9.61. The Morgan fingerprint density at radius 3 is 2.67 bits per heavy atom. The van der Waals surface area contributed by atoms with Gasteiger partial charge in [0.2, 0.25) is 0 Å². The van der Waals surface area contributed by atoms with Gasteiger partial charge in [0.05, 0.1) is 6.61 Å². The highest BCUT2D eigenvalue weighted by Gasteiger charge is 2.51. The molecule has 1 fully saturated rings. The molecule has 0 radical (unpaired) electrons. The molecule has 100 valence electrons. The second kappa shape index (κ2) is 4.32. The summed E-state index contributed by atoms with van der Waals surface area (Å²) < 4.78 is 6.27. The second-order valence-electron chi connectivity index (χ2n) is 4.43. The Morgan fingerprint density at radius 2 is 2.17 bits per heavy atom. The summed E-state index contributed by atoms with van der Waals surface area (Å²) in [4.78, 5) is 24.5. The number of ether oxygens (including phenoxy) is 1. The molecule has 8 heteroatoms. The Bertz CT molecular complexity index is 552. The highest BCUT2D eigenvalue weighted by Crippen LogP contribution is 2.35. The number of aromatic amines is 1. The number of hydrogen-bond acceptors (Lipinski definition) is 6. The van der Waals surface area contributed by atoms with Gasteiger partial charge in [0.1, 0.15) is 17.8 Å². The minimum atomic E-state index is -1.38. The molecule has 0 bridgehead atoms. The molecule has 0 spiro atoms. The van der Waals surface area contributed by atoms with Gasteiger partial charge >= 0.3 is 5.69 Å². The molecular weight excluding hydrogens is 244 g/mol. The molecule has 18 heavy (non-hydrogen) atoms. The van der Waals surface area contributed by atoms with Crippen LogP contribution in [0.4, 0.5) is 0 Å². The van der Waals surface area contributed by atoms with E-state index >= 15 is 0 Å². The first kappa shape index (κ1) is 13.0. The van der Waals surface area contributed by atoms with E-state index in [4.69, 9.17) is 9.84 Å². The van der Waals surface area contributed by atoms with E-state index in [1.165, 1.54) is 6.92 Å². The Kier molecular flexibility index (Phi) is 3.11. The van der Waals surface area contributed by atoms with Crippen molar-refractivity contribution in [3.05, 3.63) is 33.1 Å². The average Bonchev–Trinajstić information content (AvgIpc) is 2.55. The van der Waals surface area contributed by atoms with E-state index in [2.05, 4.69) is 0 Å². The summed E-state index contributed by atoms with van der Waals surface area (Å²) in [6.45, 7) is 0.900. The van der Waals surface area contributed by atoms with Crippen molar-refractivity contribution in [3.63, 3.8) is 0 Å². The Morgan fingerprint density at radius 1 is 1.50 bits per heavy atom. The van der Waals surface area contributed by atoms with E-state index in [0.29, 0.717) is 0 Å². The molecule has 4 atom stereocenters. The van der Waals surface area contributed by atoms with Crippen molar-refractivity contribution in [2.75, 3.05) is 6.61 Å². The van der Waals surface area contributed by atoms with Crippen LogP contribution in [0.1, 0.15) is 13.2 Å². The molecule has 4 unspecified atom stereocenters. The second-order valence-corrected chi connectivity index (χ2v) is 4.43. The van der Waals surface area contributed by atoms with Crippen molar-refractivity contribution in [1.82, 2.24) is 9.55 Å². The van der Waals surface area contributed by atoms with Gasteiger partial charge in [-0.05, 0) is 6.92 Å². The lowest BCUT2D eigenvalue weighted by atomic mass is 9.99. The largest absolute Gasteiger partial charge is 0.393 e. The highest BCUT2D eigenvalue weighted by molar-refractivity contribution is 4.99. The van der Waals surface area contributed by atoms with Crippen LogP contribution in [0.25, 0.3) is 0 Å². The fourth-order valence-corrected chi connectivity index (χ4v) is 1.91. The predicted octanol–water partition coefficient (Wildman–Crippen LogP) is -2.46. The Balaban J connectivity index is 2.41. The van der Waals surface area contributed by atoms with Crippen LogP contribution in [0, 0.1) is 0 Å². The summed E-state index contributed by atoms with van der Waals surface area (Å²) >= 11 is 0. The lowest BCUT2D eigenvalue weighted by molar-refractivity contribution is -0.117. The van der Waals surface area contributed by atoms with Crippen LogP contribution in [0.15, 0.2) is 21.9 Å². The molecule has 0 amide bonds. The first-order valence-corrected chi connectivity index (χ1v) is 5.35. The molecule has 8 nitrogen and oxygen atoms in total. The molecule has 2 heterocycles. The van der Waals surface area contributed by atoms with Gasteiger partial charge in [-0.1, -0.05) is 0 Å². The van der Waals surface area contributed by atoms with Crippen molar-refractivity contribution >= 4 is 0 Å². The molecule has 0 aromatic carbocycles. The minimum absolute atomic E-state index is 0.514. The maximum Gasteiger partial charge on any atom is 0.330 e. The number of aromatic nitrogens is 2. The number of hydrogen-bond donors (Lipinski definition) is 4. The summed E-state index contributed by atoms with van der Waals surface area (Å²) in [7, 11) is 0. The van der Waals surface area contributed by atoms with Gasteiger partial charge in [0, 0.05) is 12.3 Å². The van der Waals surface area contributed by atoms with Gasteiger partial charge in [0.25, 0.3) is 5.56 Å². The van der Waals surface area contributed by atoms with Crippen LogP contribution < -0.4 is 11.2 Å². The van der Waals surface area contributed by atoms with Crippen molar-refractivity contribution in [3.8, 4) is 0 Å². The molecule has 4 N–H and O–H groups in total. The third-order valence-corrected chi connectivity index (χ3v) is 3.07. The first-order chi connectivity index (χ1) is 8.39. The Labute approximate surface area is 101 Å². The van der Waals surface area contributed by atoms with Crippen LogP contribution in [0.3, 0.4) is 0 Å². The van der Waals surface area contributed by atoms with Gasteiger partial charge in [-0.3, -0.25) is 14.3 Å². The molecule has 1 aliphatic rings. The zero-order valence-electron chi connectivity index (χ0n) is 9.61. The number of nitrogens with one attached hydrogen (secondary N) is 1. The smallest absolute Gasteiger partial charge is 0.330 e. The number of aliphatic hydroxyl groups excluding tert-OH is 3. The fourth-order valence-electron chi connectivity index (χ4n) is 1.91. The SMILES string of the molecule is CC1(CO)OC(n2ccc(=O)[nH]c2=O)C(O)C1O. The maximum atomic E-state index is 11.6. The van der Waals surface area contributed by atoms with Gasteiger partial charge in [-0.15, -0.1) is 0 Å². The zero-order chi connectivity index (χ0) is 13.5. The lowest BCUT2D eigenvalue weighted by Gasteiger charge is -2.24. The van der Waals surface area contributed by atoms with E-state index in [-0.39, 0.29) is 0 Å². The summed E-state index contributed by atoms with van der Waals surface area (Å²) in [6.07, 6.45) is -2.73. The van der Waals surface area contributed by atoms with Crippen LogP contribution in [-0.2, 0) is 4.74 Å². The number of nitrogens with zero attached hydrogens (tertiary/aromatic N) is 1. The Hall–Kier alpha value is -1.48. The molecule has 1 aromatic heterocycles. The number of H-pyrrole nitrogens is 1. The standard InChI is InChI=1S/C10H14N2O6/c1-10(4-13)7(16)6(15)8(18-10)12-3-2-5(14)11-9(12)17/h2-3,6-8,13,15-16H,4H2,1H3,(H,11,14,17). The van der Waals surface area contributed by atoms with Gasteiger partial charge < -0.3 is 20.1 Å². The average molecular weight is 258 g/mol. The third kappa shape index (κ3) is 1.89. The quantitative estimate of drug-likeness (QED) is 0.466. The van der Waals surface area contributed by atoms with Crippen molar-refractivity contribution in [1.29, 1.82) is 0 Å². The molecule has 0 saturated carbocycles. The lowest BCUT2D eigenvalue weighted by Crippen LogP contribution is -2.43. The van der Waals surface area contributed by atoms with Crippen molar-refractivity contribution in [2.45, 2.75) is 31.0 Å². The van der Waals surface area contributed by atoms with Crippen LogP contribution >= 0.6 is 0 Å². The van der Waals surface area contributed by atoms with E-state index in [9.17, 15) is 19.8 Å². The van der Waals surface area contributed by atoms with Gasteiger partial charge in [-0.2, -0.15) is 0 Å². The van der Waals surface area contributed by atoms with E-state index < -0.39 is 41.9 Å². The summed E-state index contributed by atoms with van der Waals surface area (Å²) in [6, 6.07) is 1.10. The molecule has 1 saturated heterocycles. The molecule has 0 aliphatic carbocycles. The summed E-state index contributed by atoms with van der Waals surface area (Å²) in [5.74, 6) is 0.